The van der Waals surface area contributed by atoms with E-state index in [1.54, 1.807) is 0 Å². The summed E-state index contributed by atoms with van der Waals surface area (Å²) >= 11 is 0. The molecule has 4 nitrogen and oxygen atoms in total. The van der Waals surface area contributed by atoms with E-state index in [1.165, 1.54) is 24.1 Å². The number of hydrogen-bond acceptors (Lipinski definition) is 3. The molecule has 0 saturated heterocycles. The zero-order valence-corrected chi connectivity index (χ0v) is 11.3. The van der Waals surface area contributed by atoms with Crippen LogP contribution in [0.3, 0.4) is 0 Å². The van der Waals surface area contributed by atoms with E-state index in [2.05, 4.69) is 24.3 Å². The van der Waals surface area contributed by atoms with Crippen LogP contribution in [0.2, 0.25) is 0 Å². The Hall–Kier alpha value is -0.870. The molecule has 0 fully saturated rings. The van der Waals surface area contributed by atoms with Crippen molar-refractivity contribution in [2.75, 3.05) is 19.8 Å². The quantitative estimate of drug-likeness (QED) is 0.670. The van der Waals surface area contributed by atoms with Crippen LogP contribution >= 0.6 is 0 Å². The highest BCUT2D eigenvalue weighted by Gasteiger charge is 2.01. The van der Waals surface area contributed by atoms with Crippen LogP contribution in [0, 0.1) is 6.92 Å². The van der Waals surface area contributed by atoms with Gasteiger partial charge in [0.05, 0.1) is 6.20 Å². The molecule has 0 unspecified atom stereocenters. The third-order valence-corrected chi connectivity index (χ3v) is 2.94. The van der Waals surface area contributed by atoms with E-state index >= 15 is 0 Å². The van der Waals surface area contributed by atoms with E-state index in [0.717, 1.165) is 32.7 Å². The second-order valence-electron chi connectivity index (χ2n) is 4.38. The first kappa shape index (κ1) is 14.2. The first-order valence-electron chi connectivity index (χ1n) is 6.51. The van der Waals surface area contributed by atoms with Gasteiger partial charge >= 0.3 is 0 Å². The fraction of sp³-hybridized carbons (Fsp3) is 0.769. The molecule has 17 heavy (non-hydrogen) atoms. The van der Waals surface area contributed by atoms with Crippen LogP contribution in [0.1, 0.15) is 37.4 Å². The molecule has 98 valence electrons. The maximum Gasteiger partial charge on any atom is 0.0537 e. The molecule has 0 bridgehead atoms. The van der Waals surface area contributed by atoms with Gasteiger partial charge in [-0.05, 0) is 26.3 Å². The molecule has 4 heteroatoms. The second-order valence-corrected chi connectivity index (χ2v) is 4.38. The molecule has 0 saturated carbocycles. The lowest BCUT2D eigenvalue weighted by Crippen LogP contribution is -2.17. The molecule has 0 aliphatic heterocycles. The van der Waals surface area contributed by atoms with Crippen molar-refractivity contribution in [3.8, 4) is 0 Å². The number of unbranched alkanes of at least 4 members (excludes halogenated alkanes) is 1. The van der Waals surface area contributed by atoms with Crippen LogP contribution in [-0.4, -0.2) is 29.5 Å². The second kappa shape index (κ2) is 8.25. The van der Waals surface area contributed by atoms with Crippen LogP contribution in [0.5, 0.6) is 0 Å². The minimum absolute atomic E-state index is 0.860. The highest BCUT2D eigenvalue weighted by Crippen LogP contribution is 2.04. The fourth-order valence-corrected chi connectivity index (χ4v) is 1.59. The van der Waals surface area contributed by atoms with Crippen molar-refractivity contribution >= 4 is 0 Å². The molecule has 1 N–H and O–H groups in total. The number of aromatic nitrogens is 2. The van der Waals surface area contributed by atoms with E-state index in [-0.39, 0.29) is 0 Å². The first-order chi connectivity index (χ1) is 8.25. The van der Waals surface area contributed by atoms with Gasteiger partial charge in [-0.3, -0.25) is 4.68 Å². The Balaban J connectivity index is 1.99. The molecule has 0 aliphatic carbocycles. The van der Waals surface area contributed by atoms with Gasteiger partial charge in [-0.1, -0.05) is 13.3 Å². The molecule has 1 aromatic heterocycles. The topological polar surface area (TPSA) is 39.1 Å². The summed E-state index contributed by atoms with van der Waals surface area (Å²) in [7, 11) is 1.97. The molecule has 0 aliphatic rings. The van der Waals surface area contributed by atoms with Crippen LogP contribution < -0.4 is 5.32 Å². The zero-order valence-electron chi connectivity index (χ0n) is 11.3. The summed E-state index contributed by atoms with van der Waals surface area (Å²) in [6, 6.07) is 0. The molecule has 0 atom stereocenters. The van der Waals surface area contributed by atoms with Crippen LogP contribution in [0.15, 0.2) is 6.20 Å². The van der Waals surface area contributed by atoms with Gasteiger partial charge in [0.2, 0.25) is 0 Å². The van der Waals surface area contributed by atoms with Gasteiger partial charge in [0, 0.05) is 38.1 Å². The van der Waals surface area contributed by atoms with Gasteiger partial charge in [0.15, 0.2) is 0 Å². The lowest BCUT2D eigenvalue weighted by molar-refractivity contribution is 0.129. The van der Waals surface area contributed by atoms with Crippen molar-refractivity contribution in [2.45, 2.75) is 39.7 Å². The molecule has 1 rings (SSSR count). The van der Waals surface area contributed by atoms with Crippen molar-refractivity contribution in [1.29, 1.82) is 0 Å². The van der Waals surface area contributed by atoms with Crippen molar-refractivity contribution in [1.82, 2.24) is 15.1 Å². The van der Waals surface area contributed by atoms with Gasteiger partial charge < -0.3 is 10.1 Å². The van der Waals surface area contributed by atoms with E-state index in [1.807, 2.05) is 17.9 Å². The number of aryl methyl sites for hydroxylation is 1. The molecular weight excluding hydrogens is 214 g/mol. The van der Waals surface area contributed by atoms with Crippen molar-refractivity contribution < 1.29 is 4.74 Å². The predicted octanol–water partition coefficient (Wildman–Crippen LogP) is 2.02. The smallest absolute Gasteiger partial charge is 0.0537 e. The summed E-state index contributed by atoms with van der Waals surface area (Å²) < 4.78 is 7.41. The third-order valence-electron chi connectivity index (χ3n) is 2.94. The summed E-state index contributed by atoms with van der Waals surface area (Å²) in [5, 5.41) is 7.63. The summed E-state index contributed by atoms with van der Waals surface area (Å²) in [6.07, 6.45) is 5.38. The number of rotatable bonds is 9. The number of hydrogen-bond donors (Lipinski definition) is 1. The molecule has 0 amide bonds. The summed E-state index contributed by atoms with van der Waals surface area (Å²) in [4.78, 5) is 0. The van der Waals surface area contributed by atoms with E-state index < -0.39 is 0 Å². The SMILES string of the molecule is CCCCOCCCNCc1cnn(C)c1C. The van der Waals surface area contributed by atoms with Crippen molar-refractivity contribution in [3.63, 3.8) is 0 Å². The maximum absolute atomic E-state index is 5.50. The van der Waals surface area contributed by atoms with Crippen LogP contribution in [0.4, 0.5) is 0 Å². The van der Waals surface area contributed by atoms with Gasteiger partial charge in [-0.15, -0.1) is 0 Å². The first-order valence-corrected chi connectivity index (χ1v) is 6.51. The Morgan fingerprint density at radius 1 is 1.35 bits per heavy atom. The lowest BCUT2D eigenvalue weighted by Gasteiger charge is -2.05. The standard InChI is InChI=1S/C13H25N3O/c1-4-5-8-17-9-6-7-14-10-13-11-15-16(3)12(13)2/h11,14H,4-10H2,1-3H3. The van der Waals surface area contributed by atoms with Gasteiger partial charge in [0.1, 0.15) is 0 Å². The molecular formula is C13H25N3O. The van der Waals surface area contributed by atoms with E-state index in [9.17, 15) is 0 Å². The number of ether oxygens (including phenoxy) is 1. The Bertz CT molecular complexity index is 310. The molecule has 1 aromatic rings. The monoisotopic (exact) mass is 239 g/mol. The predicted molar refractivity (Wildman–Crippen MR) is 70.0 cm³/mol. The largest absolute Gasteiger partial charge is 0.381 e. The average molecular weight is 239 g/mol. The van der Waals surface area contributed by atoms with Crippen LogP contribution in [0.25, 0.3) is 0 Å². The average Bonchev–Trinajstić information content (AvgIpc) is 2.64. The van der Waals surface area contributed by atoms with E-state index in [0.29, 0.717) is 0 Å². The Kier molecular flexibility index (Phi) is 6.89. The summed E-state index contributed by atoms with van der Waals surface area (Å²) in [6.45, 7) is 7.94. The highest BCUT2D eigenvalue weighted by molar-refractivity contribution is 5.15. The zero-order chi connectivity index (χ0) is 12.5. The van der Waals surface area contributed by atoms with Gasteiger partial charge in [0.25, 0.3) is 0 Å². The van der Waals surface area contributed by atoms with Crippen LogP contribution in [-0.2, 0) is 18.3 Å². The third kappa shape index (κ3) is 5.33. The maximum atomic E-state index is 5.50. The Labute approximate surface area is 104 Å². The fourth-order valence-electron chi connectivity index (χ4n) is 1.59. The van der Waals surface area contributed by atoms with Gasteiger partial charge in [-0.25, -0.2) is 0 Å². The Morgan fingerprint density at radius 2 is 2.12 bits per heavy atom. The molecule has 0 aromatic carbocycles. The van der Waals surface area contributed by atoms with E-state index in [4.69, 9.17) is 4.74 Å². The highest BCUT2D eigenvalue weighted by atomic mass is 16.5. The summed E-state index contributed by atoms with van der Waals surface area (Å²) in [5.74, 6) is 0. The van der Waals surface area contributed by atoms with Crippen molar-refractivity contribution in [2.24, 2.45) is 7.05 Å². The minimum Gasteiger partial charge on any atom is -0.381 e. The Morgan fingerprint density at radius 3 is 2.76 bits per heavy atom. The lowest BCUT2D eigenvalue weighted by atomic mass is 10.2. The molecule has 1 heterocycles. The minimum atomic E-state index is 0.860. The number of nitrogens with one attached hydrogen (secondary N) is 1. The summed E-state index contributed by atoms with van der Waals surface area (Å²) in [5.41, 5.74) is 2.51. The van der Waals surface area contributed by atoms with Gasteiger partial charge in [-0.2, -0.15) is 5.10 Å². The number of nitrogens with zero attached hydrogens (tertiary/aromatic N) is 2. The molecule has 0 spiro atoms. The normalized spacial score (nSPS) is 11.0. The molecule has 0 radical (unpaired) electrons. The van der Waals surface area contributed by atoms with Crippen molar-refractivity contribution in [3.05, 3.63) is 17.5 Å².